The molecular weight excluding hydrogens is 296 g/mol. The fraction of sp³-hybridized carbons (Fsp3) is 0.556. The van der Waals surface area contributed by atoms with Crippen LogP contribution in [0, 0.1) is 5.92 Å². The molecule has 0 saturated carbocycles. The molecule has 0 atom stereocenters. The maximum absolute atomic E-state index is 11.7. The quantitative estimate of drug-likeness (QED) is 0.373. The van der Waals surface area contributed by atoms with Crippen molar-refractivity contribution in [2.75, 3.05) is 13.7 Å². The van der Waals surface area contributed by atoms with Crippen LogP contribution in [0.25, 0.3) is 0 Å². The average molecular weight is 322 g/mol. The molecule has 0 amide bonds. The molecule has 0 saturated heterocycles. The van der Waals surface area contributed by atoms with E-state index in [0.29, 0.717) is 30.4 Å². The highest BCUT2D eigenvalue weighted by Gasteiger charge is 2.08. The van der Waals surface area contributed by atoms with Crippen molar-refractivity contribution in [2.24, 2.45) is 5.92 Å². The molecule has 1 aromatic rings. The molecule has 23 heavy (non-hydrogen) atoms. The van der Waals surface area contributed by atoms with Gasteiger partial charge in [-0.1, -0.05) is 13.8 Å². The van der Waals surface area contributed by atoms with Crippen molar-refractivity contribution in [1.82, 2.24) is 0 Å². The van der Waals surface area contributed by atoms with Gasteiger partial charge in [0.05, 0.1) is 13.7 Å². The second kappa shape index (κ2) is 10.6. The van der Waals surface area contributed by atoms with Crippen LogP contribution in [0.15, 0.2) is 24.3 Å². The van der Waals surface area contributed by atoms with Gasteiger partial charge in [-0.05, 0) is 49.4 Å². The Balaban J connectivity index is 2.14. The molecule has 1 aromatic carbocycles. The van der Waals surface area contributed by atoms with E-state index in [1.807, 2.05) is 0 Å². The van der Waals surface area contributed by atoms with Crippen molar-refractivity contribution >= 4 is 11.9 Å². The molecular formula is C18H26O5. The number of ether oxygens (including phenoxy) is 3. The van der Waals surface area contributed by atoms with Crippen molar-refractivity contribution in [1.29, 1.82) is 0 Å². The molecule has 0 aliphatic carbocycles. The van der Waals surface area contributed by atoms with E-state index in [0.717, 1.165) is 12.8 Å². The number of rotatable bonds is 10. The lowest BCUT2D eigenvalue weighted by molar-refractivity contribution is -0.144. The first-order valence-corrected chi connectivity index (χ1v) is 8.01. The van der Waals surface area contributed by atoms with E-state index >= 15 is 0 Å². The molecule has 5 nitrogen and oxygen atoms in total. The van der Waals surface area contributed by atoms with Crippen LogP contribution in [0.2, 0.25) is 0 Å². The third-order valence-corrected chi connectivity index (χ3v) is 3.24. The summed E-state index contributed by atoms with van der Waals surface area (Å²) in [6.45, 7) is 4.72. The van der Waals surface area contributed by atoms with E-state index in [-0.39, 0.29) is 24.8 Å². The molecule has 0 aromatic heterocycles. The van der Waals surface area contributed by atoms with Gasteiger partial charge in [0, 0.05) is 12.8 Å². The normalized spacial score (nSPS) is 10.4. The minimum Gasteiger partial charge on any atom is -0.497 e. The summed E-state index contributed by atoms with van der Waals surface area (Å²) in [5.74, 6) is 1.16. The third-order valence-electron chi connectivity index (χ3n) is 3.24. The first-order chi connectivity index (χ1) is 11.0. The predicted molar refractivity (Wildman–Crippen MR) is 87.5 cm³/mol. The first kappa shape index (κ1) is 19.0. The van der Waals surface area contributed by atoms with E-state index in [1.54, 1.807) is 31.4 Å². The minimum atomic E-state index is -0.359. The van der Waals surface area contributed by atoms with Gasteiger partial charge in [-0.2, -0.15) is 0 Å². The smallest absolute Gasteiger partial charge is 0.311 e. The highest BCUT2D eigenvalue weighted by Crippen LogP contribution is 2.17. The lowest BCUT2D eigenvalue weighted by Gasteiger charge is -2.07. The number of carbonyl (C=O) groups excluding carboxylic acids is 2. The Morgan fingerprint density at radius 1 is 0.957 bits per heavy atom. The predicted octanol–water partition coefficient (Wildman–Crippen LogP) is 3.75. The van der Waals surface area contributed by atoms with E-state index < -0.39 is 0 Å². The van der Waals surface area contributed by atoms with Crippen LogP contribution in [-0.2, 0) is 14.3 Å². The number of hydrogen-bond donors (Lipinski definition) is 0. The van der Waals surface area contributed by atoms with Gasteiger partial charge < -0.3 is 14.2 Å². The largest absolute Gasteiger partial charge is 0.497 e. The monoisotopic (exact) mass is 322 g/mol. The van der Waals surface area contributed by atoms with Gasteiger partial charge in [0.15, 0.2) is 0 Å². The lowest BCUT2D eigenvalue weighted by Crippen LogP contribution is -2.10. The van der Waals surface area contributed by atoms with Crippen molar-refractivity contribution < 1.29 is 23.8 Å². The standard InChI is InChI=1S/C18H26O5/c1-14(2)6-5-13-22-17(19)7-4-8-18(20)23-16-11-9-15(21-3)10-12-16/h9-12,14H,4-8,13H2,1-3H3. The maximum atomic E-state index is 11.7. The molecule has 5 heteroatoms. The fourth-order valence-electron chi connectivity index (χ4n) is 1.95. The van der Waals surface area contributed by atoms with Gasteiger partial charge in [-0.15, -0.1) is 0 Å². The molecule has 0 fully saturated rings. The van der Waals surface area contributed by atoms with Crippen LogP contribution in [0.1, 0.15) is 46.0 Å². The lowest BCUT2D eigenvalue weighted by atomic mass is 10.1. The summed E-state index contributed by atoms with van der Waals surface area (Å²) < 4.78 is 15.3. The third kappa shape index (κ3) is 8.86. The van der Waals surface area contributed by atoms with Crippen LogP contribution in [0.5, 0.6) is 11.5 Å². The SMILES string of the molecule is COc1ccc(OC(=O)CCCC(=O)OCCCC(C)C)cc1. The molecule has 0 aliphatic heterocycles. The van der Waals surface area contributed by atoms with Crippen molar-refractivity contribution in [2.45, 2.75) is 46.0 Å². The summed E-state index contributed by atoms with van der Waals surface area (Å²) in [5, 5.41) is 0. The minimum absolute atomic E-state index is 0.188. The van der Waals surface area contributed by atoms with Gasteiger partial charge in [0.1, 0.15) is 11.5 Å². The van der Waals surface area contributed by atoms with Gasteiger partial charge in [0.2, 0.25) is 0 Å². The van der Waals surface area contributed by atoms with Crippen molar-refractivity contribution in [3.05, 3.63) is 24.3 Å². The van der Waals surface area contributed by atoms with Gasteiger partial charge in [-0.25, -0.2) is 0 Å². The molecule has 128 valence electrons. The highest BCUT2D eigenvalue weighted by atomic mass is 16.5. The number of carbonyl (C=O) groups is 2. The van der Waals surface area contributed by atoms with Crippen LogP contribution in [-0.4, -0.2) is 25.7 Å². The molecule has 0 bridgehead atoms. The molecule has 0 radical (unpaired) electrons. The first-order valence-electron chi connectivity index (χ1n) is 8.01. The second-order valence-corrected chi connectivity index (χ2v) is 5.76. The zero-order valence-electron chi connectivity index (χ0n) is 14.2. The Morgan fingerprint density at radius 3 is 2.17 bits per heavy atom. The summed E-state index contributed by atoms with van der Waals surface area (Å²) in [6, 6.07) is 6.77. The van der Waals surface area contributed by atoms with E-state index in [1.165, 1.54) is 0 Å². The fourth-order valence-corrected chi connectivity index (χ4v) is 1.95. The Kier molecular flexibility index (Phi) is 8.80. The van der Waals surface area contributed by atoms with Crippen LogP contribution in [0.4, 0.5) is 0 Å². The summed E-state index contributed by atoms with van der Waals surface area (Å²) >= 11 is 0. The van der Waals surface area contributed by atoms with E-state index in [2.05, 4.69) is 13.8 Å². The van der Waals surface area contributed by atoms with Crippen LogP contribution >= 0.6 is 0 Å². The number of esters is 2. The van der Waals surface area contributed by atoms with Crippen LogP contribution < -0.4 is 9.47 Å². The summed E-state index contributed by atoms with van der Waals surface area (Å²) in [5.41, 5.74) is 0. The average Bonchev–Trinajstić information content (AvgIpc) is 2.52. The molecule has 0 spiro atoms. The topological polar surface area (TPSA) is 61.8 Å². The molecule has 0 N–H and O–H groups in total. The van der Waals surface area contributed by atoms with Crippen LogP contribution in [0.3, 0.4) is 0 Å². The zero-order chi connectivity index (χ0) is 17.1. The van der Waals surface area contributed by atoms with E-state index in [9.17, 15) is 9.59 Å². The number of benzene rings is 1. The Bertz CT molecular complexity index is 479. The molecule has 0 heterocycles. The molecule has 0 aliphatic rings. The van der Waals surface area contributed by atoms with E-state index in [4.69, 9.17) is 14.2 Å². The Morgan fingerprint density at radius 2 is 1.57 bits per heavy atom. The van der Waals surface area contributed by atoms with Gasteiger partial charge in [-0.3, -0.25) is 9.59 Å². The van der Waals surface area contributed by atoms with Crippen molar-refractivity contribution in [3.63, 3.8) is 0 Å². The summed E-state index contributed by atoms with van der Waals surface area (Å²) in [7, 11) is 1.57. The summed E-state index contributed by atoms with van der Waals surface area (Å²) in [4.78, 5) is 23.2. The number of hydrogen-bond acceptors (Lipinski definition) is 5. The van der Waals surface area contributed by atoms with Gasteiger partial charge in [0.25, 0.3) is 0 Å². The van der Waals surface area contributed by atoms with Gasteiger partial charge >= 0.3 is 11.9 Å². The Hall–Kier alpha value is -2.04. The maximum Gasteiger partial charge on any atom is 0.311 e. The molecule has 1 rings (SSSR count). The number of methoxy groups -OCH3 is 1. The van der Waals surface area contributed by atoms with Crippen molar-refractivity contribution in [3.8, 4) is 11.5 Å². The second-order valence-electron chi connectivity index (χ2n) is 5.76. The summed E-state index contributed by atoms with van der Waals surface area (Å²) in [6.07, 6.45) is 2.77. The zero-order valence-corrected chi connectivity index (χ0v) is 14.2. The molecule has 0 unspecified atom stereocenters. The highest BCUT2D eigenvalue weighted by molar-refractivity contribution is 5.74. The Labute approximate surface area is 137 Å².